The second-order valence-electron chi connectivity index (χ2n) is 4.96. The molecule has 0 radical (unpaired) electrons. The summed E-state index contributed by atoms with van der Waals surface area (Å²) < 4.78 is 0. The summed E-state index contributed by atoms with van der Waals surface area (Å²) in [6, 6.07) is 2.00. The molecule has 0 saturated carbocycles. The van der Waals surface area contributed by atoms with Gasteiger partial charge in [0.25, 0.3) is 0 Å². The molecule has 2 N–H and O–H groups in total. The summed E-state index contributed by atoms with van der Waals surface area (Å²) in [5, 5.41) is 7.22. The minimum absolute atomic E-state index is 0.607. The summed E-state index contributed by atoms with van der Waals surface area (Å²) >= 11 is 0. The van der Waals surface area contributed by atoms with Crippen molar-refractivity contribution in [2.24, 2.45) is 0 Å². The lowest BCUT2D eigenvalue weighted by Gasteiger charge is -2.23. The van der Waals surface area contributed by atoms with Gasteiger partial charge in [0.15, 0.2) is 0 Å². The van der Waals surface area contributed by atoms with Gasteiger partial charge < -0.3 is 10.6 Å². The van der Waals surface area contributed by atoms with Crippen LogP contribution in [-0.2, 0) is 0 Å². The van der Waals surface area contributed by atoms with Crippen molar-refractivity contribution in [1.29, 1.82) is 0 Å². The van der Waals surface area contributed by atoms with Crippen LogP contribution in [0.15, 0.2) is 0 Å². The van der Waals surface area contributed by atoms with Crippen LogP contribution in [0.4, 0.5) is 0 Å². The van der Waals surface area contributed by atoms with E-state index < -0.39 is 0 Å². The summed E-state index contributed by atoms with van der Waals surface area (Å²) in [6.45, 7) is 7.96. The van der Waals surface area contributed by atoms with Gasteiger partial charge in [-0.3, -0.25) is 0 Å². The molecule has 1 saturated heterocycles. The molecule has 0 aromatic rings. The molecule has 1 fully saturated rings. The Morgan fingerprint density at radius 3 is 2.71 bits per heavy atom. The molecular weight excluding hydrogens is 172 g/mol. The highest BCUT2D eigenvalue weighted by atomic mass is 15.0. The largest absolute Gasteiger partial charge is 0.314 e. The average Bonchev–Trinajstić information content (AvgIpc) is 2.31. The molecule has 0 aliphatic carbocycles. The van der Waals surface area contributed by atoms with E-state index in [1.54, 1.807) is 0 Å². The van der Waals surface area contributed by atoms with Gasteiger partial charge in [0.1, 0.15) is 0 Å². The lowest BCUT2D eigenvalue weighted by molar-refractivity contribution is 0.385. The lowest BCUT2D eigenvalue weighted by atomic mass is 10.0. The van der Waals surface area contributed by atoms with E-state index >= 15 is 0 Å². The third-order valence-electron chi connectivity index (χ3n) is 2.92. The summed E-state index contributed by atoms with van der Waals surface area (Å²) in [7, 11) is 0. The number of hydrogen-bond acceptors (Lipinski definition) is 2. The minimum Gasteiger partial charge on any atom is -0.314 e. The lowest BCUT2D eigenvalue weighted by Crippen LogP contribution is -2.39. The molecule has 2 heteroatoms. The van der Waals surface area contributed by atoms with Crippen molar-refractivity contribution in [1.82, 2.24) is 10.6 Å². The van der Waals surface area contributed by atoms with Crippen LogP contribution < -0.4 is 10.6 Å². The van der Waals surface area contributed by atoms with E-state index in [9.17, 15) is 0 Å². The van der Waals surface area contributed by atoms with Gasteiger partial charge in [0.2, 0.25) is 0 Å². The zero-order valence-electron chi connectivity index (χ0n) is 9.97. The summed E-state index contributed by atoms with van der Waals surface area (Å²) in [6.07, 6.45) is 6.83. The SMILES string of the molecule is CC(C)NC(C)CC1CCCCCN1. The fourth-order valence-corrected chi connectivity index (χ4v) is 2.37. The fourth-order valence-electron chi connectivity index (χ4n) is 2.37. The van der Waals surface area contributed by atoms with Crippen LogP contribution in [0.25, 0.3) is 0 Å². The number of hydrogen-bond donors (Lipinski definition) is 2. The zero-order valence-corrected chi connectivity index (χ0v) is 9.97. The van der Waals surface area contributed by atoms with E-state index in [0.717, 1.165) is 6.04 Å². The third-order valence-corrected chi connectivity index (χ3v) is 2.92. The van der Waals surface area contributed by atoms with Crippen molar-refractivity contribution < 1.29 is 0 Å². The zero-order chi connectivity index (χ0) is 10.4. The first-order valence-corrected chi connectivity index (χ1v) is 6.18. The van der Waals surface area contributed by atoms with Crippen molar-refractivity contribution in [3.8, 4) is 0 Å². The van der Waals surface area contributed by atoms with Gasteiger partial charge in [-0.25, -0.2) is 0 Å². The standard InChI is InChI=1S/C12H26N2/c1-10(2)14-11(3)9-12-7-5-4-6-8-13-12/h10-14H,4-9H2,1-3H3. The first kappa shape index (κ1) is 12.0. The van der Waals surface area contributed by atoms with Crippen molar-refractivity contribution >= 4 is 0 Å². The second kappa shape index (κ2) is 6.41. The molecule has 0 amide bonds. The van der Waals surface area contributed by atoms with Crippen LogP contribution in [-0.4, -0.2) is 24.7 Å². The monoisotopic (exact) mass is 198 g/mol. The molecular formula is C12H26N2. The highest BCUT2D eigenvalue weighted by Crippen LogP contribution is 2.12. The van der Waals surface area contributed by atoms with E-state index in [0.29, 0.717) is 12.1 Å². The smallest absolute Gasteiger partial charge is 0.00817 e. The molecule has 84 valence electrons. The topological polar surface area (TPSA) is 24.1 Å². The first-order chi connectivity index (χ1) is 6.68. The maximum atomic E-state index is 3.65. The Bertz CT molecular complexity index is 137. The van der Waals surface area contributed by atoms with Crippen molar-refractivity contribution in [3.63, 3.8) is 0 Å². The van der Waals surface area contributed by atoms with Gasteiger partial charge >= 0.3 is 0 Å². The maximum absolute atomic E-state index is 3.65. The molecule has 2 unspecified atom stereocenters. The molecule has 0 bridgehead atoms. The van der Waals surface area contributed by atoms with E-state index in [1.807, 2.05) is 0 Å². The van der Waals surface area contributed by atoms with Crippen LogP contribution in [0.5, 0.6) is 0 Å². The van der Waals surface area contributed by atoms with Gasteiger partial charge in [-0.2, -0.15) is 0 Å². The van der Waals surface area contributed by atoms with Crippen molar-refractivity contribution in [2.75, 3.05) is 6.54 Å². The van der Waals surface area contributed by atoms with Crippen molar-refractivity contribution in [3.05, 3.63) is 0 Å². The number of nitrogens with one attached hydrogen (secondary N) is 2. The Balaban J connectivity index is 2.20. The quantitative estimate of drug-likeness (QED) is 0.724. The fraction of sp³-hybridized carbons (Fsp3) is 1.00. The Morgan fingerprint density at radius 2 is 2.00 bits per heavy atom. The van der Waals surface area contributed by atoms with E-state index in [2.05, 4.69) is 31.4 Å². The Kier molecular flexibility index (Phi) is 5.49. The molecule has 1 aliphatic heterocycles. The predicted molar refractivity (Wildman–Crippen MR) is 62.6 cm³/mol. The van der Waals surface area contributed by atoms with Crippen LogP contribution in [0.3, 0.4) is 0 Å². The van der Waals surface area contributed by atoms with Gasteiger partial charge in [0, 0.05) is 18.1 Å². The Morgan fingerprint density at radius 1 is 1.21 bits per heavy atom. The molecule has 2 nitrogen and oxygen atoms in total. The average molecular weight is 198 g/mol. The normalized spacial score (nSPS) is 26.1. The predicted octanol–water partition coefficient (Wildman–Crippen LogP) is 2.30. The van der Waals surface area contributed by atoms with Crippen LogP contribution in [0.1, 0.15) is 52.9 Å². The minimum atomic E-state index is 0.607. The molecule has 0 spiro atoms. The van der Waals surface area contributed by atoms with E-state index in [4.69, 9.17) is 0 Å². The maximum Gasteiger partial charge on any atom is 0.00817 e. The second-order valence-corrected chi connectivity index (χ2v) is 4.96. The molecule has 1 rings (SSSR count). The van der Waals surface area contributed by atoms with Crippen LogP contribution in [0.2, 0.25) is 0 Å². The Hall–Kier alpha value is -0.0800. The van der Waals surface area contributed by atoms with Crippen LogP contribution in [0, 0.1) is 0 Å². The molecule has 0 aromatic carbocycles. The van der Waals surface area contributed by atoms with Gasteiger partial charge in [-0.15, -0.1) is 0 Å². The molecule has 14 heavy (non-hydrogen) atoms. The molecule has 0 aromatic heterocycles. The third kappa shape index (κ3) is 4.97. The Labute approximate surface area is 88.8 Å². The summed E-state index contributed by atoms with van der Waals surface area (Å²) in [5.74, 6) is 0. The van der Waals surface area contributed by atoms with E-state index in [-0.39, 0.29) is 0 Å². The summed E-state index contributed by atoms with van der Waals surface area (Å²) in [4.78, 5) is 0. The van der Waals surface area contributed by atoms with Crippen molar-refractivity contribution in [2.45, 2.75) is 71.0 Å². The number of rotatable bonds is 4. The van der Waals surface area contributed by atoms with E-state index in [1.165, 1.54) is 38.6 Å². The molecule has 1 aliphatic rings. The van der Waals surface area contributed by atoms with Gasteiger partial charge in [0.05, 0.1) is 0 Å². The highest BCUT2D eigenvalue weighted by molar-refractivity contribution is 4.76. The molecule has 1 heterocycles. The first-order valence-electron chi connectivity index (χ1n) is 6.18. The van der Waals surface area contributed by atoms with Crippen LogP contribution >= 0.6 is 0 Å². The highest BCUT2D eigenvalue weighted by Gasteiger charge is 2.14. The van der Waals surface area contributed by atoms with Gasteiger partial charge in [-0.1, -0.05) is 26.7 Å². The summed E-state index contributed by atoms with van der Waals surface area (Å²) in [5.41, 5.74) is 0. The van der Waals surface area contributed by atoms with Gasteiger partial charge in [-0.05, 0) is 32.7 Å². The molecule has 2 atom stereocenters.